The lowest BCUT2D eigenvalue weighted by Gasteiger charge is -2.05. The van der Waals surface area contributed by atoms with Gasteiger partial charge in [-0.25, -0.2) is 4.79 Å². The number of benzene rings is 2. The molecule has 2 aromatic carbocycles. The van der Waals surface area contributed by atoms with Crippen LogP contribution in [0.5, 0.6) is 5.75 Å². The maximum Gasteiger partial charge on any atom is 0.366 e. The summed E-state index contributed by atoms with van der Waals surface area (Å²) in [7, 11) is 0. The van der Waals surface area contributed by atoms with Crippen LogP contribution in [-0.2, 0) is 9.63 Å². The maximum atomic E-state index is 12.0. The summed E-state index contributed by atoms with van der Waals surface area (Å²) in [5.41, 5.74) is 12.5. The normalized spacial score (nSPS) is 11.0. The van der Waals surface area contributed by atoms with Gasteiger partial charge in [0.25, 0.3) is 5.91 Å². The number of aryl methyl sites for hydroxylation is 1. The molecule has 24 heavy (non-hydrogen) atoms. The first-order valence-corrected chi connectivity index (χ1v) is 7.09. The highest BCUT2D eigenvalue weighted by Crippen LogP contribution is 2.13. The number of nitrogens with zero attached hydrogens (tertiary/aromatic N) is 1. The van der Waals surface area contributed by atoms with Crippen molar-refractivity contribution < 1.29 is 19.2 Å². The number of hydrogen-bond donors (Lipinski definition) is 2. The van der Waals surface area contributed by atoms with E-state index in [4.69, 9.17) is 21.0 Å². The highest BCUT2D eigenvalue weighted by Gasteiger charge is 2.10. The second kappa shape index (κ2) is 7.77. The zero-order valence-electron chi connectivity index (χ0n) is 13.1. The number of carbonyl (C=O) groups excluding carboxylic acids is 2. The van der Waals surface area contributed by atoms with Crippen LogP contribution >= 0.6 is 0 Å². The quantitative estimate of drug-likeness (QED) is 0.359. The van der Waals surface area contributed by atoms with E-state index in [9.17, 15) is 9.59 Å². The van der Waals surface area contributed by atoms with Gasteiger partial charge in [0.2, 0.25) is 0 Å². The number of oxime groups is 1. The van der Waals surface area contributed by atoms with Crippen molar-refractivity contribution in [2.24, 2.45) is 16.6 Å². The first-order valence-electron chi connectivity index (χ1n) is 7.09. The minimum absolute atomic E-state index is 0.0402. The van der Waals surface area contributed by atoms with Crippen molar-refractivity contribution in [1.82, 2.24) is 0 Å². The Bertz CT molecular complexity index is 770. The fourth-order valence-corrected chi connectivity index (χ4v) is 1.87. The Kier molecular flexibility index (Phi) is 5.51. The molecule has 0 aliphatic rings. The van der Waals surface area contributed by atoms with Crippen molar-refractivity contribution in [3.63, 3.8) is 0 Å². The molecule has 0 spiro atoms. The van der Waals surface area contributed by atoms with Gasteiger partial charge < -0.3 is 21.0 Å². The molecule has 0 saturated heterocycles. The summed E-state index contributed by atoms with van der Waals surface area (Å²) in [6.45, 7) is 1.59. The van der Waals surface area contributed by atoms with Crippen LogP contribution in [0.1, 0.15) is 21.5 Å². The van der Waals surface area contributed by atoms with Crippen molar-refractivity contribution in [1.29, 1.82) is 0 Å². The monoisotopic (exact) mass is 327 g/mol. The van der Waals surface area contributed by atoms with Crippen molar-refractivity contribution in [3.05, 3.63) is 65.2 Å². The van der Waals surface area contributed by atoms with E-state index in [2.05, 4.69) is 5.16 Å². The second-order valence-electron chi connectivity index (χ2n) is 4.95. The molecular weight excluding hydrogens is 310 g/mol. The molecule has 0 aromatic heterocycles. The summed E-state index contributed by atoms with van der Waals surface area (Å²) in [5, 5.41) is 3.65. The Morgan fingerprint density at radius 3 is 2.33 bits per heavy atom. The Morgan fingerprint density at radius 1 is 1.04 bits per heavy atom. The lowest BCUT2D eigenvalue weighted by molar-refractivity contribution is -0.119. The summed E-state index contributed by atoms with van der Waals surface area (Å²) < 4.78 is 5.13. The topological polar surface area (TPSA) is 117 Å². The van der Waals surface area contributed by atoms with Crippen LogP contribution in [0, 0.1) is 6.92 Å². The molecule has 0 atom stereocenters. The van der Waals surface area contributed by atoms with Gasteiger partial charge >= 0.3 is 5.97 Å². The molecule has 7 heteroatoms. The Morgan fingerprint density at radius 2 is 1.71 bits per heavy atom. The smallest absolute Gasteiger partial charge is 0.366 e. The van der Waals surface area contributed by atoms with Gasteiger partial charge in [-0.05, 0) is 42.8 Å². The Balaban J connectivity index is 2.01. The summed E-state index contributed by atoms with van der Waals surface area (Å²) in [6.07, 6.45) is 0. The molecule has 0 saturated carbocycles. The third-order valence-electron chi connectivity index (χ3n) is 3.12. The summed E-state index contributed by atoms with van der Waals surface area (Å²) in [6, 6.07) is 13.5. The first-order chi connectivity index (χ1) is 11.5. The van der Waals surface area contributed by atoms with Gasteiger partial charge in [0.15, 0.2) is 12.4 Å². The van der Waals surface area contributed by atoms with E-state index in [1.807, 2.05) is 6.07 Å². The number of carbonyl (C=O) groups is 2. The Hall–Kier alpha value is -3.35. The van der Waals surface area contributed by atoms with Gasteiger partial charge in [0, 0.05) is 5.56 Å². The molecule has 0 heterocycles. The number of nitrogens with two attached hydrogens (primary N) is 2. The van der Waals surface area contributed by atoms with Crippen LogP contribution in [0.3, 0.4) is 0 Å². The zero-order chi connectivity index (χ0) is 17.5. The van der Waals surface area contributed by atoms with E-state index in [0.717, 1.165) is 5.56 Å². The predicted octanol–water partition coefficient (Wildman–Crippen LogP) is 1.34. The maximum absolute atomic E-state index is 12.0. The van der Waals surface area contributed by atoms with Gasteiger partial charge in [-0.15, -0.1) is 0 Å². The molecule has 0 fully saturated rings. The van der Waals surface area contributed by atoms with E-state index in [0.29, 0.717) is 16.9 Å². The molecule has 0 unspecified atom stereocenters. The fraction of sp³-hybridized carbons (Fsp3) is 0.118. The molecule has 4 N–H and O–H groups in total. The molecule has 0 radical (unpaired) electrons. The predicted molar refractivity (Wildman–Crippen MR) is 88.5 cm³/mol. The lowest BCUT2D eigenvalue weighted by atomic mass is 10.1. The average molecular weight is 327 g/mol. The van der Waals surface area contributed by atoms with Gasteiger partial charge in [-0.3, -0.25) is 4.79 Å². The number of primary amides is 1. The van der Waals surface area contributed by atoms with Crippen molar-refractivity contribution >= 4 is 17.7 Å². The summed E-state index contributed by atoms with van der Waals surface area (Å²) >= 11 is 0. The van der Waals surface area contributed by atoms with E-state index in [1.54, 1.807) is 49.4 Å². The largest absolute Gasteiger partial charge is 0.484 e. The third kappa shape index (κ3) is 4.57. The highest BCUT2D eigenvalue weighted by molar-refractivity contribution is 5.98. The molecule has 2 rings (SSSR count). The van der Waals surface area contributed by atoms with E-state index >= 15 is 0 Å². The van der Waals surface area contributed by atoms with Gasteiger partial charge in [0.05, 0.1) is 5.56 Å². The van der Waals surface area contributed by atoms with E-state index < -0.39 is 11.9 Å². The van der Waals surface area contributed by atoms with Gasteiger partial charge in [-0.2, -0.15) is 0 Å². The fourth-order valence-electron chi connectivity index (χ4n) is 1.87. The van der Waals surface area contributed by atoms with E-state index in [1.165, 1.54) is 0 Å². The third-order valence-corrected chi connectivity index (χ3v) is 3.12. The van der Waals surface area contributed by atoms with Crippen LogP contribution in [0.2, 0.25) is 0 Å². The number of ether oxygens (including phenoxy) is 1. The molecule has 2 aromatic rings. The van der Waals surface area contributed by atoms with Crippen LogP contribution in [0.4, 0.5) is 0 Å². The number of hydrogen-bond acceptors (Lipinski definition) is 5. The molecule has 0 aliphatic carbocycles. The molecule has 124 valence electrons. The first kappa shape index (κ1) is 17.0. The summed E-state index contributed by atoms with van der Waals surface area (Å²) in [5.74, 6) is -0.652. The van der Waals surface area contributed by atoms with Crippen LogP contribution in [-0.4, -0.2) is 24.3 Å². The second-order valence-corrected chi connectivity index (χ2v) is 4.95. The summed E-state index contributed by atoms with van der Waals surface area (Å²) in [4.78, 5) is 27.5. The standard InChI is InChI=1S/C17H17N3O4/c1-11-4-2-3-5-14(11)17(22)24-20-16(19)12-6-8-13(9-7-12)23-10-15(18)21/h2-9H,10H2,1H3,(H2,18,21)(H2,19,20). The SMILES string of the molecule is Cc1ccccc1C(=O)O/N=C(\N)c1ccc(OCC(N)=O)cc1. The van der Waals surface area contributed by atoms with Crippen LogP contribution < -0.4 is 16.2 Å². The van der Waals surface area contributed by atoms with Crippen molar-refractivity contribution in [2.75, 3.05) is 6.61 Å². The molecule has 1 amide bonds. The average Bonchev–Trinajstić information content (AvgIpc) is 2.58. The lowest BCUT2D eigenvalue weighted by Crippen LogP contribution is -2.20. The zero-order valence-corrected chi connectivity index (χ0v) is 13.1. The van der Waals surface area contributed by atoms with E-state index in [-0.39, 0.29) is 12.4 Å². The van der Waals surface area contributed by atoms with Gasteiger partial charge in [-0.1, -0.05) is 23.4 Å². The van der Waals surface area contributed by atoms with Crippen LogP contribution in [0.15, 0.2) is 53.7 Å². The molecule has 7 nitrogen and oxygen atoms in total. The van der Waals surface area contributed by atoms with Gasteiger partial charge in [0.1, 0.15) is 5.75 Å². The number of rotatable bonds is 6. The number of amidine groups is 1. The number of amides is 1. The Labute approximate surface area is 138 Å². The highest BCUT2D eigenvalue weighted by atomic mass is 16.7. The molecule has 0 bridgehead atoms. The minimum atomic E-state index is -0.586. The minimum Gasteiger partial charge on any atom is -0.484 e. The van der Waals surface area contributed by atoms with Crippen LogP contribution in [0.25, 0.3) is 0 Å². The molecule has 0 aliphatic heterocycles. The van der Waals surface area contributed by atoms with Crippen molar-refractivity contribution in [3.8, 4) is 5.75 Å². The van der Waals surface area contributed by atoms with Crippen molar-refractivity contribution in [2.45, 2.75) is 6.92 Å². The molecular formula is C17H17N3O4.